The number of nitrogens with two attached hydrogens (primary N) is 1. The van der Waals surface area contributed by atoms with Crippen molar-refractivity contribution in [3.8, 4) is 6.07 Å². The minimum absolute atomic E-state index is 0.287. The first-order valence-corrected chi connectivity index (χ1v) is 4.62. The molecule has 0 unspecified atom stereocenters. The van der Waals surface area contributed by atoms with Crippen molar-refractivity contribution in [3.63, 3.8) is 0 Å². The smallest absolute Gasteiger partial charge is 0.356 e. The lowest BCUT2D eigenvalue weighted by Gasteiger charge is -2.06. The highest BCUT2D eigenvalue weighted by atomic mass is 16.7. The minimum Gasteiger partial charge on any atom is -0.370 e. The van der Waals surface area contributed by atoms with Gasteiger partial charge >= 0.3 is 5.97 Å². The summed E-state index contributed by atoms with van der Waals surface area (Å²) in [6.45, 7) is 2.00. The minimum atomic E-state index is -0.586. The lowest BCUT2D eigenvalue weighted by molar-refractivity contribution is 0.0503. The fourth-order valence-corrected chi connectivity index (χ4v) is 1.42. The fraction of sp³-hybridized carbons (Fsp3) is 0.273. The Morgan fingerprint density at radius 1 is 1.53 bits per heavy atom. The Labute approximate surface area is 88.2 Å². The van der Waals surface area contributed by atoms with Gasteiger partial charge in [-0.1, -0.05) is 13.0 Å². The molecule has 0 spiro atoms. The number of nitrogens with zero attached hydrogens (tertiary/aromatic N) is 1. The Balaban J connectivity index is 3.11. The van der Waals surface area contributed by atoms with Crippen LogP contribution in [-0.4, -0.2) is 5.97 Å². The summed E-state index contributed by atoms with van der Waals surface area (Å²) in [5, 5.41) is 8.64. The molecule has 0 fully saturated rings. The summed E-state index contributed by atoms with van der Waals surface area (Å²) in [5.74, 6) is 4.20. The van der Waals surface area contributed by atoms with Crippen molar-refractivity contribution in [2.45, 2.75) is 19.8 Å². The number of carbonyl (C=O) groups is 1. The molecule has 78 valence electrons. The van der Waals surface area contributed by atoms with E-state index in [2.05, 4.69) is 10.9 Å². The van der Waals surface area contributed by atoms with Gasteiger partial charge in [-0.05, 0) is 29.7 Å². The third kappa shape index (κ3) is 2.55. The van der Waals surface area contributed by atoms with Crippen molar-refractivity contribution in [1.29, 1.82) is 5.26 Å². The standard InChI is InChI=1S/C11H12N2O2/c1-2-8-3-4-10(11(14)15-13)7-9(8)5-6-12/h3-4,7H,2,5,13H2,1H3. The molecule has 0 bridgehead atoms. The van der Waals surface area contributed by atoms with E-state index in [1.807, 2.05) is 13.0 Å². The average molecular weight is 204 g/mol. The van der Waals surface area contributed by atoms with Gasteiger partial charge in [0.15, 0.2) is 0 Å². The molecule has 15 heavy (non-hydrogen) atoms. The van der Waals surface area contributed by atoms with Gasteiger partial charge in [-0.3, -0.25) is 0 Å². The summed E-state index contributed by atoms with van der Waals surface area (Å²) in [4.78, 5) is 15.3. The molecule has 4 heteroatoms. The summed E-state index contributed by atoms with van der Waals surface area (Å²) in [6, 6.07) is 7.18. The highest BCUT2D eigenvalue weighted by Gasteiger charge is 2.09. The Morgan fingerprint density at radius 2 is 2.27 bits per heavy atom. The van der Waals surface area contributed by atoms with Gasteiger partial charge < -0.3 is 4.84 Å². The molecule has 1 aromatic carbocycles. The Bertz CT molecular complexity index is 408. The summed E-state index contributed by atoms with van der Waals surface area (Å²) >= 11 is 0. The lowest BCUT2D eigenvalue weighted by atomic mass is 10.00. The van der Waals surface area contributed by atoms with Crippen molar-refractivity contribution in [1.82, 2.24) is 0 Å². The molecular formula is C11H12N2O2. The van der Waals surface area contributed by atoms with Crippen molar-refractivity contribution >= 4 is 5.97 Å². The predicted molar refractivity (Wildman–Crippen MR) is 54.7 cm³/mol. The highest BCUT2D eigenvalue weighted by Crippen LogP contribution is 2.14. The first-order valence-electron chi connectivity index (χ1n) is 4.62. The Morgan fingerprint density at radius 3 is 2.80 bits per heavy atom. The van der Waals surface area contributed by atoms with E-state index in [0.29, 0.717) is 5.56 Å². The summed E-state index contributed by atoms with van der Waals surface area (Å²) in [7, 11) is 0. The lowest BCUT2D eigenvalue weighted by Crippen LogP contribution is -2.10. The van der Waals surface area contributed by atoms with Crippen LogP contribution in [0.1, 0.15) is 28.4 Å². The number of aryl methyl sites for hydroxylation is 1. The van der Waals surface area contributed by atoms with Crippen molar-refractivity contribution in [2.24, 2.45) is 5.90 Å². The zero-order valence-corrected chi connectivity index (χ0v) is 8.49. The molecular weight excluding hydrogens is 192 g/mol. The second kappa shape index (κ2) is 5.13. The molecule has 4 nitrogen and oxygen atoms in total. The maximum Gasteiger partial charge on any atom is 0.356 e. The van der Waals surface area contributed by atoms with E-state index in [-0.39, 0.29) is 6.42 Å². The number of benzene rings is 1. The largest absolute Gasteiger partial charge is 0.370 e. The van der Waals surface area contributed by atoms with E-state index in [4.69, 9.17) is 11.2 Å². The normalized spacial score (nSPS) is 9.40. The molecule has 0 saturated carbocycles. The van der Waals surface area contributed by atoms with Gasteiger partial charge in [0.05, 0.1) is 18.1 Å². The topological polar surface area (TPSA) is 76.1 Å². The van der Waals surface area contributed by atoms with Gasteiger partial charge in [0.25, 0.3) is 0 Å². The van der Waals surface area contributed by atoms with Gasteiger partial charge in [-0.25, -0.2) is 4.79 Å². The second-order valence-electron chi connectivity index (χ2n) is 3.08. The van der Waals surface area contributed by atoms with Crippen LogP contribution in [0, 0.1) is 11.3 Å². The summed E-state index contributed by atoms with van der Waals surface area (Å²) in [6.07, 6.45) is 1.11. The van der Waals surface area contributed by atoms with Gasteiger partial charge in [0.1, 0.15) is 0 Å². The van der Waals surface area contributed by atoms with Crippen LogP contribution in [0.2, 0.25) is 0 Å². The van der Waals surface area contributed by atoms with Crippen LogP contribution in [0.25, 0.3) is 0 Å². The number of carbonyl (C=O) groups excluding carboxylic acids is 1. The SMILES string of the molecule is CCc1ccc(C(=O)ON)cc1CC#N. The maximum atomic E-state index is 11.1. The molecule has 0 saturated heterocycles. The Kier molecular flexibility index (Phi) is 3.83. The van der Waals surface area contributed by atoms with Crippen LogP contribution in [0.4, 0.5) is 0 Å². The first-order chi connectivity index (χ1) is 7.22. The zero-order valence-electron chi connectivity index (χ0n) is 8.49. The molecule has 0 aliphatic rings. The number of hydrogen-bond donors (Lipinski definition) is 1. The number of nitriles is 1. The molecule has 0 atom stereocenters. The van der Waals surface area contributed by atoms with Crippen molar-refractivity contribution in [2.75, 3.05) is 0 Å². The number of hydrogen-bond acceptors (Lipinski definition) is 4. The van der Waals surface area contributed by atoms with E-state index in [9.17, 15) is 4.79 Å². The second-order valence-corrected chi connectivity index (χ2v) is 3.08. The van der Waals surface area contributed by atoms with Gasteiger partial charge in [0, 0.05) is 0 Å². The van der Waals surface area contributed by atoms with Crippen LogP contribution in [0.5, 0.6) is 0 Å². The molecule has 1 rings (SSSR count). The van der Waals surface area contributed by atoms with Crippen molar-refractivity contribution < 1.29 is 9.63 Å². The van der Waals surface area contributed by atoms with Crippen LogP contribution in [0.3, 0.4) is 0 Å². The molecule has 0 aromatic heterocycles. The quantitative estimate of drug-likeness (QED) is 0.754. The van der Waals surface area contributed by atoms with E-state index in [1.54, 1.807) is 12.1 Å². The molecule has 0 heterocycles. The third-order valence-corrected chi connectivity index (χ3v) is 2.20. The van der Waals surface area contributed by atoms with Gasteiger partial charge in [-0.15, -0.1) is 0 Å². The highest BCUT2D eigenvalue weighted by molar-refractivity contribution is 5.89. The average Bonchev–Trinajstić information content (AvgIpc) is 2.28. The molecule has 0 aliphatic carbocycles. The first kappa shape index (κ1) is 11.2. The zero-order chi connectivity index (χ0) is 11.3. The third-order valence-electron chi connectivity index (χ3n) is 2.20. The summed E-state index contributed by atoms with van der Waals surface area (Å²) < 4.78 is 0. The fourth-order valence-electron chi connectivity index (χ4n) is 1.42. The predicted octanol–water partition coefficient (Wildman–Crippen LogP) is 1.35. The van der Waals surface area contributed by atoms with E-state index >= 15 is 0 Å². The molecule has 2 N–H and O–H groups in total. The molecule has 0 radical (unpaired) electrons. The maximum absolute atomic E-state index is 11.1. The summed E-state index contributed by atoms with van der Waals surface area (Å²) in [5.41, 5.74) is 2.29. The van der Waals surface area contributed by atoms with E-state index < -0.39 is 5.97 Å². The van der Waals surface area contributed by atoms with Crippen LogP contribution >= 0.6 is 0 Å². The monoisotopic (exact) mass is 204 g/mol. The molecule has 1 aromatic rings. The van der Waals surface area contributed by atoms with E-state index in [0.717, 1.165) is 17.5 Å². The van der Waals surface area contributed by atoms with E-state index in [1.165, 1.54) is 0 Å². The molecule has 0 amide bonds. The van der Waals surface area contributed by atoms with Gasteiger partial charge in [-0.2, -0.15) is 11.2 Å². The van der Waals surface area contributed by atoms with Crippen LogP contribution in [-0.2, 0) is 17.7 Å². The van der Waals surface area contributed by atoms with Crippen LogP contribution in [0.15, 0.2) is 18.2 Å². The van der Waals surface area contributed by atoms with Crippen molar-refractivity contribution in [3.05, 3.63) is 34.9 Å². The number of rotatable bonds is 3. The molecule has 0 aliphatic heterocycles. The Hall–Kier alpha value is -1.86. The van der Waals surface area contributed by atoms with Crippen LogP contribution < -0.4 is 5.90 Å². The van der Waals surface area contributed by atoms with Gasteiger partial charge in [0.2, 0.25) is 0 Å².